The summed E-state index contributed by atoms with van der Waals surface area (Å²) >= 11 is 0. The van der Waals surface area contributed by atoms with Crippen molar-refractivity contribution in [2.45, 2.75) is 19.0 Å². The van der Waals surface area contributed by atoms with Crippen molar-refractivity contribution < 1.29 is 23.9 Å². The molecule has 0 radical (unpaired) electrons. The monoisotopic (exact) mass is 368 g/mol. The zero-order valence-electron chi connectivity index (χ0n) is 15.3. The predicted octanol–water partition coefficient (Wildman–Crippen LogP) is 2.45. The van der Waals surface area contributed by atoms with Gasteiger partial charge in [-0.2, -0.15) is 0 Å². The number of ether oxygens (including phenoxy) is 2. The van der Waals surface area contributed by atoms with E-state index in [-0.39, 0.29) is 12.5 Å². The molecule has 0 aromatic heterocycles. The fraction of sp³-hybridized carbons (Fsp3) is 0.250. The summed E-state index contributed by atoms with van der Waals surface area (Å²) in [5.74, 6) is -0.172. The molecule has 27 heavy (non-hydrogen) atoms. The maximum absolute atomic E-state index is 13.0. The molecule has 1 heterocycles. The van der Waals surface area contributed by atoms with Gasteiger partial charge in [-0.3, -0.25) is 9.69 Å². The van der Waals surface area contributed by atoms with Crippen LogP contribution in [0, 0.1) is 0 Å². The van der Waals surface area contributed by atoms with Crippen molar-refractivity contribution in [1.82, 2.24) is 10.2 Å². The fourth-order valence-electron chi connectivity index (χ4n) is 3.06. The van der Waals surface area contributed by atoms with Gasteiger partial charge in [0.1, 0.15) is 11.3 Å². The zero-order chi connectivity index (χ0) is 19.6. The van der Waals surface area contributed by atoms with E-state index in [1.165, 1.54) is 7.11 Å². The van der Waals surface area contributed by atoms with Gasteiger partial charge in [0.25, 0.3) is 5.91 Å². The first-order chi connectivity index (χ1) is 12.9. The molecule has 1 atom stereocenters. The van der Waals surface area contributed by atoms with Crippen molar-refractivity contribution in [3.8, 4) is 5.75 Å². The van der Waals surface area contributed by atoms with Crippen LogP contribution in [0.15, 0.2) is 48.5 Å². The minimum atomic E-state index is -1.16. The van der Waals surface area contributed by atoms with Crippen LogP contribution in [0.5, 0.6) is 5.75 Å². The van der Waals surface area contributed by atoms with Crippen molar-refractivity contribution in [3.05, 3.63) is 65.2 Å². The second-order valence-electron chi connectivity index (χ2n) is 6.37. The Balaban J connectivity index is 1.84. The quantitative estimate of drug-likeness (QED) is 0.647. The summed E-state index contributed by atoms with van der Waals surface area (Å²) in [4.78, 5) is 38.3. The van der Waals surface area contributed by atoms with Crippen LogP contribution in [0.3, 0.4) is 0 Å². The molecule has 0 unspecified atom stereocenters. The van der Waals surface area contributed by atoms with Crippen molar-refractivity contribution in [3.63, 3.8) is 0 Å². The Kier molecular flexibility index (Phi) is 4.85. The molecule has 0 bridgehead atoms. The van der Waals surface area contributed by atoms with E-state index in [0.717, 1.165) is 4.90 Å². The topological polar surface area (TPSA) is 84.9 Å². The molecule has 7 nitrogen and oxygen atoms in total. The lowest BCUT2D eigenvalue weighted by Crippen LogP contribution is -2.40. The van der Waals surface area contributed by atoms with E-state index in [2.05, 4.69) is 5.32 Å². The summed E-state index contributed by atoms with van der Waals surface area (Å²) < 4.78 is 9.84. The number of carbonyl (C=O) groups excluding carboxylic acids is 3. The number of esters is 1. The molecule has 2 aromatic rings. The smallest absolute Gasteiger partial charge is 0.337 e. The molecule has 1 saturated heterocycles. The Labute approximate surface area is 156 Å². The Morgan fingerprint density at radius 2 is 1.81 bits per heavy atom. The molecular weight excluding hydrogens is 348 g/mol. The highest BCUT2D eigenvalue weighted by atomic mass is 16.5. The van der Waals surface area contributed by atoms with Crippen LogP contribution in [-0.4, -0.2) is 37.0 Å². The number of rotatable bonds is 5. The Hall–Kier alpha value is -3.35. The van der Waals surface area contributed by atoms with Gasteiger partial charge in [0.15, 0.2) is 0 Å². The SMILES string of the molecule is COC(=O)c1cccc(CN2C(=O)N[C@](C)(c3ccc(OC)cc3)C2=O)c1. The third kappa shape index (κ3) is 3.36. The molecule has 140 valence electrons. The summed E-state index contributed by atoms with van der Waals surface area (Å²) in [6, 6.07) is 13.1. The van der Waals surface area contributed by atoms with Gasteiger partial charge in [0.05, 0.1) is 26.3 Å². The number of nitrogens with one attached hydrogen (secondary N) is 1. The van der Waals surface area contributed by atoms with Crippen LogP contribution >= 0.6 is 0 Å². The van der Waals surface area contributed by atoms with Crippen LogP contribution in [0.25, 0.3) is 0 Å². The lowest BCUT2D eigenvalue weighted by atomic mass is 9.92. The average Bonchev–Trinajstić information content (AvgIpc) is 2.91. The minimum Gasteiger partial charge on any atom is -0.497 e. The van der Waals surface area contributed by atoms with E-state index in [1.807, 2.05) is 0 Å². The highest BCUT2D eigenvalue weighted by Crippen LogP contribution is 2.31. The molecular formula is C20H20N2O5. The van der Waals surface area contributed by atoms with E-state index in [9.17, 15) is 14.4 Å². The average molecular weight is 368 g/mol. The van der Waals surface area contributed by atoms with Crippen molar-refractivity contribution >= 4 is 17.9 Å². The number of amides is 3. The van der Waals surface area contributed by atoms with Crippen LogP contribution in [-0.2, 0) is 21.6 Å². The van der Waals surface area contributed by atoms with E-state index in [1.54, 1.807) is 62.6 Å². The van der Waals surface area contributed by atoms with Gasteiger partial charge in [0, 0.05) is 0 Å². The number of nitrogens with zero attached hydrogens (tertiary/aromatic N) is 1. The molecule has 3 amide bonds. The summed E-state index contributed by atoms with van der Waals surface area (Å²) in [6.07, 6.45) is 0. The second-order valence-corrected chi connectivity index (χ2v) is 6.37. The number of hydrogen-bond donors (Lipinski definition) is 1. The third-order valence-electron chi connectivity index (χ3n) is 4.63. The Bertz CT molecular complexity index is 894. The van der Waals surface area contributed by atoms with Crippen molar-refractivity contribution in [2.75, 3.05) is 14.2 Å². The van der Waals surface area contributed by atoms with E-state index < -0.39 is 17.5 Å². The predicted molar refractivity (Wildman–Crippen MR) is 97.2 cm³/mol. The first kappa shape index (κ1) is 18.4. The molecule has 1 N–H and O–H groups in total. The van der Waals surface area contributed by atoms with Crippen LogP contribution < -0.4 is 10.1 Å². The van der Waals surface area contributed by atoms with Crippen LogP contribution in [0.4, 0.5) is 4.79 Å². The molecule has 1 fully saturated rings. The maximum atomic E-state index is 13.0. The van der Waals surface area contributed by atoms with Crippen molar-refractivity contribution in [2.24, 2.45) is 0 Å². The summed E-state index contributed by atoms with van der Waals surface area (Å²) in [5.41, 5.74) is 0.511. The number of methoxy groups -OCH3 is 2. The molecule has 2 aromatic carbocycles. The summed E-state index contributed by atoms with van der Waals surface area (Å²) in [5, 5.41) is 2.76. The van der Waals surface area contributed by atoms with Gasteiger partial charge in [-0.05, 0) is 42.3 Å². The normalized spacial score (nSPS) is 19.0. The first-order valence-electron chi connectivity index (χ1n) is 8.35. The fourth-order valence-corrected chi connectivity index (χ4v) is 3.06. The van der Waals surface area contributed by atoms with Gasteiger partial charge >= 0.3 is 12.0 Å². The standard InChI is InChI=1S/C20H20N2O5/c1-20(15-7-9-16(26-2)10-8-15)18(24)22(19(25)21-20)12-13-5-4-6-14(11-13)17(23)27-3/h4-11H,12H2,1-3H3,(H,21,25)/t20-/m1/s1. The van der Waals surface area contributed by atoms with E-state index in [4.69, 9.17) is 9.47 Å². The van der Waals surface area contributed by atoms with Crippen LogP contribution in [0.2, 0.25) is 0 Å². The first-order valence-corrected chi connectivity index (χ1v) is 8.35. The lowest BCUT2D eigenvalue weighted by Gasteiger charge is -2.22. The van der Waals surface area contributed by atoms with E-state index >= 15 is 0 Å². The molecule has 0 aliphatic carbocycles. The van der Waals surface area contributed by atoms with E-state index in [0.29, 0.717) is 22.4 Å². The highest BCUT2D eigenvalue weighted by molar-refractivity contribution is 6.07. The summed E-state index contributed by atoms with van der Waals surface area (Å²) in [7, 11) is 2.86. The number of carbonyl (C=O) groups is 3. The van der Waals surface area contributed by atoms with Gasteiger partial charge in [0.2, 0.25) is 0 Å². The number of imide groups is 1. The minimum absolute atomic E-state index is 0.0568. The van der Waals surface area contributed by atoms with Gasteiger partial charge in [-0.25, -0.2) is 9.59 Å². The second kappa shape index (κ2) is 7.11. The lowest BCUT2D eigenvalue weighted by molar-refractivity contribution is -0.131. The molecule has 0 saturated carbocycles. The van der Waals surface area contributed by atoms with Gasteiger partial charge in [-0.15, -0.1) is 0 Å². The molecule has 0 spiro atoms. The molecule has 3 rings (SSSR count). The number of hydrogen-bond acceptors (Lipinski definition) is 5. The Morgan fingerprint density at radius 1 is 1.11 bits per heavy atom. The van der Waals surface area contributed by atoms with Gasteiger partial charge in [-0.1, -0.05) is 24.3 Å². The highest BCUT2D eigenvalue weighted by Gasteiger charge is 2.48. The Morgan fingerprint density at radius 3 is 2.44 bits per heavy atom. The molecule has 1 aliphatic heterocycles. The zero-order valence-corrected chi connectivity index (χ0v) is 15.3. The largest absolute Gasteiger partial charge is 0.497 e. The van der Waals surface area contributed by atoms with Crippen molar-refractivity contribution in [1.29, 1.82) is 0 Å². The molecule has 1 aliphatic rings. The van der Waals surface area contributed by atoms with Crippen LogP contribution in [0.1, 0.15) is 28.4 Å². The molecule has 7 heteroatoms. The number of benzene rings is 2. The summed E-state index contributed by atoms with van der Waals surface area (Å²) in [6.45, 7) is 1.72. The number of urea groups is 1. The maximum Gasteiger partial charge on any atom is 0.337 e. The third-order valence-corrected chi connectivity index (χ3v) is 4.63. The van der Waals surface area contributed by atoms with Gasteiger partial charge < -0.3 is 14.8 Å².